The zero-order valence-corrected chi connectivity index (χ0v) is 21.7. The smallest absolute Gasteiger partial charge is 0.190 e. The topological polar surface area (TPSA) is 97.1 Å². The molecule has 2 aromatic heterocycles. The molecule has 8 heteroatoms. The number of aromatic nitrogens is 3. The first kappa shape index (κ1) is 26.4. The lowest BCUT2D eigenvalue weighted by atomic mass is 10.0. The Morgan fingerprint density at radius 1 is 1.12 bits per heavy atom. The number of aryl methyl sites for hydroxylation is 2. The monoisotopic (exact) mass is 485 g/mol. The summed E-state index contributed by atoms with van der Waals surface area (Å²) in [5, 5.41) is 1.27. The number of hydrogen-bond acceptors (Lipinski definition) is 7. The van der Waals surface area contributed by atoms with Crippen LogP contribution in [0, 0.1) is 0 Å². The fraction of sp³-hybridized carbons (Fsp3) is 0.577. The number of nitrogens with one attached hydrogen (secondary N) is 1. The van der Waals surface area contributed by atoms with E-state index in [9.17, 15) is 4.79 Å². The Labute approximate surface area is 207 Å². The molecule has 2 heterocycles. The molecule has 3 N–H and O–H groups in total. The Morgan fingerprint density at radius 2 is 1.97 bits per heavy atom. The van der Waals surface area contributed by atoms with Gasteiger partial charge in [0.25, 0.3) is 0 Å². The number of carbonyl (C=O) groups excluding carboxylic acids is 1. The van der Waals surface area contributed by atoms with Crippen molar-refractivity contribution < 1.29 is 9.53 Å². The van der Waals surface area contributed by atoms with E-state index in [1.165, 1.54) is 23.7 Å². The molecule has 0 amide bonds. The van der Waals surface area contributed by atoms with E-state index in [1.807, 2.05) is 6.26 Å². The minimum atomic E-state index is 0.186. The van der Waals surface area contributed by atoms with Crippen LogP contribution < -0.4 is 5.73 Å². The van der Waals surface area contributed by atoms with Crippen LogP contribution in [0.4, 0.5) is 5.82 Å². The Balaban J connectivity index is 1.44. The standard InChI is InChI=1S/C26H39N5O2S/c1-4-5-10-22-29-24-20-18-19(11-12-21(20)28-26(27)25(24)30-22)9-7-6-8-14-31(2)15-17-33-16-13-23(32)34-3/h11-12,18H,4-10,13-17H2,1-3H3,(H2,27,28)(H,29,30). The minimum absolute atomic E-state index is 0.186. The fourth-order valence-electron chi connectivity index (χ4n) is 4.06. The lowest BCUT2D eigenvalue weighted by molar-refractivity contribution is -0.111. The highest BCUT2D eigenvalue weighted by Gasteiger charge is 2.12. The summed E-state index contributed by atoms with van der Waals surface area (Å²) >= 11 is 1.27. The molecule has 0 aliphatic rings. The van der Waals surface area contributed by atoms with E-state index >= 15 is 0 Å². The summed E-state index contributed by atoms with van der Waals surface area (Å²) in [6.45, 7) is 5.34. The van der Waals surface area contributed by atoms with E-state index in [4.69, 9.17) is 15.5 Å². The van der Waals surface area contributed by atoms with Crippen LogP contribution in [-0.2, 0) is 22.4 Å². The molecular formula is C26H39N5O2S. The van der Waals surface area contributed by atoms with E-state index in [-0.39, 0.29) is 5.12 Å². The lowest BCUT2D eigenvalue weighted by Gasteiger charge is -2.16. The number of imidazole rings is 1. The normalized spacial score (nSPS) is 11.8. The molecule has 0 saturated carbocycles. The molecule has 0 unspecified atom stereocenters. The Bertz CT molecular complexity index is 1070. The van der Waals surface area contributed by atoms with Gasteiger partial charge in [0, 0.05) is 24.8 Å². The van der Waals surface area contributed by atoms with Gasteiger partial charge in [-0.2, -0.15) is 0 Å². The molecule has 0 fully saturated rings. The molecule has 1 aromatic carbocycles. The largest absolute Gasteiger partial charge is 0.382 e. The van der Waals surface area contributed by atoms with Crippen LogP contribution >= 0.6 is 11.8 Å². The highest BCUT2D eigenvalue weighted by atomic mass is 32.2. The first-order valence-corrected chi connectivity index (χ1v) is 13.6. The van der Waals surface area contributed by atoms with Crippen LogP contribution in [0.3, 0.4) is 0 Å². The van der Waals surface area contributed by atoms with Crippen molar-refractivity contribution >= 4 is 44.6 Å². The molecule has 0 saturated heterocycles. The van der Waals surface area contributed by atoms with E-state index in [0.717, 1.165) is 79.4 Å². The van der Waals surface area contributed by atoms with Crippen molar-refractivity contribution in [3.05, 3.63) is 29.6 Å². The SMILES string of the molecule is CCCCc1nc2c([nH]1)c(N)nc1ccc(CCCCCN(C)CCOCCC(=O)SC)cc12. The van der Waals surface area contributed by atoms with Crippen molar-refractivity contribution in [2.24, 2.45) is 0 Å². The van der Waals surface area contributed by atoms with Crippen LogP contribution in [-0.4, -0.2) is 64.6 Å². The molecule has 0 aliphatic carbocycles. The van der Waals surface area contributed by atoms with Crippen LogP contribution in [0.1, 0.15) is 56.8 Å². The van der Waals surface area contributed by atoms with Crippen molar-refractivity contribution in [3.63, 3.8) is 0 Å². The molecule has 0 radical (unpaired) electrons. The number of unbranched alkanes of at least 4 members (excludes halogenated alkanes) is 3. The van der Waals surface area contributed by atoms with Crippen molar-refractivity contribution in [1.82, 2.24) is 19.9 Å². The van der Waals surface area contributed by atoms with Gasteiger partial charge in [-0.3, -0.25) is 4.79 Å². The molecule has 3 rings (SSSR count). The number of likely N-dealkylation sites (N-methyl/N-ethyl adjacent to an activating group) is 1. The van der Waals surface area contributed by atoms with E-state index < -0.39 is 0 Å². The maximum Gasteiger partial charge on any atom is 0.190 e. The van der Waals surface area contributed by atoms with Gasteiger partial charge in [-0.15, -0.1) is 0 Å². The van der Waals surface area contributed by atoms with Gasteiger partial charge in [0.1, 0.15) is 22.7 Å². The number of nitrogen functional groups attached to an aromatic ring is 1. The summed E-state index contributed by atoms with van der Waals surface area (Å²) in [5.41, 5.74) is 10.2. The van der Waals surface area contributed by atoms with E-state index in [2.05, 4.69) is 47.0 Å². The number of anilines is 1. The second kappa shape index (κ2) is 13.7. The summed E-state index contributed by atoms with van der Waals surface area (Å²) in [6.07, 6.45) is 10.0. The molecule has 0 aliphatic heterocycles. The van der Waals surface area contributed by atoms with Gasteiger partial charge >= 0.3 is 0 Å². The number of fused-ring (bicyclic) bond motifs is 3. The van der Waals surface area contributed by atoms with Crippen LogP contribution in [0.25, 0.3) is 21.9 Å². The number of aromatic amines is 1. The Hall–Kier alpha value is -2.16. The number of nitrogens with zero attached hydrogens (tertiary/aromatic N) is 3. The first-order chi connectivity index (χ1) is 16.5. The number of carbonyl (C=O) groups is 1. The van der Waals surface area contributed by atoms with Crippen molar-refractivity contribution in [3.8, 4) is 0 Å². The summed E-state index contributed by atoms with van der Waals surface area (Å²) in [7, 11) is 2.13. The van der Waals surface area contributed by atoms with Gasteiger partial charge in [-0.25, -0.2) is 9.97 Å². The number of thioether (sulfide) groups is 1. The number of H-pyrrole nitrogens is 1. The maximum absolute atomic E-state index is 11.2. The number of rotatable bonds is 15. The second-order valence-electron chi connectivity index (χ2n) is 8.91. The summed E-state index contributed by atoms with van der Waals surface area (Å²) in [4.78, 5) is 26.4. The summed E-state index contributed by atoms with van der Waals surface area (Å²) in [6, 6.07) is 6.47. The van der Waals surface area contributed by atoms with Crippen molar-refractivity contribution in [2.45, 2.75) is 58.3 Å². The van der Waals surface area contributed by atoms with Gasteiger partial charge in [-0.1, -0.05) is 37.6 Å². The highest BCUT2D eigenvalue weighted by molar-refractivity contribution is 8.13. The second-order valence-corrected chi connectivity index (χ2v) is 9.78. The third kappa shape index (κ3) is 7.68. The quantitative estimate of drug-likeness (QED) is 0.293. The first-order valence-electron chi connectivity index (χ1n) is 12.4. The fourth-order valence-corrected chi connectivity index (χ4v) is 4.34. The van der Waals surface area contributed by atoms with Crippen molar-refractivity contribution in [1.29, 1.82) is 0 Å². The zero-order chi connectivity index (χ0) is 24.3. The predicted octanol–water partition coefficient (Wildman–Crippen LogP) is 4.98. The lowest BCUT2D eigenvalue weighted by Crippen LogP contribution is -2.24. The number of ether oxygens (including phenoxy) is 1. The number of hydrogen-bond donors (Lipinski definition) is 2. The number of benzene rings is 1. The van der Waals surface area contributed by atoms with E-state index in [0.29, 0.717) is 25.5 Å². The van der Waals surface area contributed by atoms with Crippen LogP contribution in [0.5, 0.6) is 0 Å². The van der Waals surface area contributed by atoms with Crippen LogP contribution in [0.15, 0.2) is 18.2 Å². The Morgan fingerprint density at radius 3 is 2.76 bits per heavy atom. The number of nitrogens with two attached hydrogens (primary N) is 1. The molecule has 0 bridgehead atoms. The third-order valence-electron chi connectivity index (χ3n) is 6.13. The highest BCUT2D eigenvalue weighted by Crippen LogP contribution is 2.28. The maximum atomic E-state index is 11.2. The third-order valence-corrected chi connectivity index (χ3v) is 6.79. The van der Waals surface area contributed by atoms with Gasteiger partial charge in [0.2, 0.25) is 0 Å². The van der Waals surface area contributed by atoms with Crippen LogP contribution in [0.2, 0.25) is 0 Å². The average molecular weight is 486 g/mol. The Kier molecular flexibility index (Phi) is 10.6. The average Bonchev–Trinajstić information content (AvgIpc) is 3.27. The van der Waals surface area contributed by atoms with Gasteiger partial charge in [0.05, 0.1) is 18.7 Å². The molecule has 7 nitrogen and oxygen atoms in total. The number of pyridine rings is 1. The van der Waals surface area contributed by atoms with E-state index in [1.54, 1.807) is 0 Å². The van der Waals surface area contributed by atoms with Gasteiger partial charge < -0.3 is 20.4 Å². The van der Waals surface area contributed by atoms with Gasteiger partial charge in [0.15, 0.2) is 5.12 Å². The summed E-state index contributed by atoms with van der Waals surface area (Å²) < 4.78 is 5.56. The minimum Gasteiger partial charge on any atom is -0.382 e. The van der Waals surface area contributed by atoms with Gasteiger partial charge in [-0.05, 0) is 63.2 Å². The molecular weight excluding hydrogens is 446 g/mol. The zero-order valence-electron chi connectivity index (χ0n) is 20.9. The molecule has 3 aromatic rings. The molecule has 34 heavy (non-hydrogen) atoms. The molecule has 0 atom stereocenters. The van der Waals surface area contributed by atoms with Crippen molar-refractivity contribution in [2.75, 3.05) is 45.3 Å². The molecule has 186 valence electrons. The predicted molar refractivity (Wildman–Crippen MR) is 143 cm³/mol. The molecule has 0 spiro atoms. The summed E-state index contributed by atoms with van der Waals surface area (Å²) in [5.74, 6) is 1.51.